The van der Waals surface area contributed by atoms with Gasteiger partial charge < -0.3 is 14.6 Å². The second-order valence-electron chi connectivity index (χ2n) is 5.29. The molecule has 0 saturated carbocycles. The van der Waals surface area contributed by atoms with E-state index in [4.69, 9.17) is 14.6 Å². The maximum atomic E-state index is 12.1. The Morgan fingerprint density at radius 3 is 2.54 bits per heavy atom. The van der Waals surface area contributed by atoms with E-state index in [-0.39, 0.29) is 17.0 Å². The molecule has 0 bridgehead atoms. The topological polar surface area (TPSA) is 140 Å². The molecule has 0 unspecified atom stereocenters. The summed E-state index contributed by atoms with van der Waals surface area (Å²) in [5.41, 5.74) is 2.74. The summed E-state index contributed by atoms with van der Waals surface area (Å²) in [6, 6.07) is 9.93. The molecule has 2 rings (SSSR count). The molecule has 0 fully saturated rings. The molecule has 0 radical (unpaired) electrons. The summed E-state index contributed by atoms with van der Waals surface area (Å²) < 4.78 is 10.7. The number of non-ortho nitro benzene ring substituents is 1. The number of para-hydroxylation sites is 1. The molecule has 0 aromatic heterocycles. The van der Waals surface area contributed by atoms with E-state index in [1.165, 1.54) is 30.5 Å². The SMILES string of the molecule is CCOc1cccc(/C=N/NC(=O)c2ccc([N+](=O)[O-])cc2)c1OCC(=O)O. The molecule has 10 heteroatoms. The Bertz CT molecular complexity index is 895. The Labute approximate surface area is 159 Å². The van der Waals surface area contributed by atoms with Gasteiger partial charge in [0.1, 0.15) is 0 Å². The Kier molecular flexibility index (Phi) is 7.03. The first-order valence-electron chi connectivity index (χ1n) is 8.10. The summed E-state index contributed by atoms with van der Waals surface area (Å²) in [6.45, 7) is 1.55. The predicted octanol–water partition coefficient (Wildman–Crippen LogP) is 2.22. The van der Waals surface area contributed by atoms with Gasteiger partial charge in [-0.15, -0.1) is 0 Å². The summed E-state index contributed by atoms with van der Waals surface area (Å²) >= 11 is 0. The van der Waals surface area contributed by atoms with Gasteiger partial charge >= 0.3 is 5.97 Å². The molecular weight excluding hydrogens is 370 g/mol. The molecule has 0 saturated heterocycles. The minimum atomic E-state index is -1.15. The molecule has 2 N–H and O–H groups in total. The number of carboxylic acids is 1. The van der Waals surface area contributed by atoms with Crippen LogP contribution < -0.4 is 14.9 Å². The predicted molar refractivity (Wildman–Crippen MR) is 98.9 cm³/mol. The van der Waals surface area contributed by atoms with Crippen LogP contribution in [-0.4, -0.2) is 41.3 Å². The van der Waals surface area contributed by atoms with Crippen molar-refractivity contribution in [3.63, 3.8) is 0 Å². The van der Waals surface area contributed by atoms with E-state index in [1.54, 1.807) is 25.1 Å². The molecule has 1 amide bonds. The molecule has 0 aliphatic carbocycles. The minimum absolute atomic E-state index is 0.131. The Hall–Kier alpha value is -3.95. The number of hydrogen-bond acceptors (Lipinski definition) is 7. The third kappa shape index (κ3) is 5.53. The minimum Gasteiger partial charge on any atom is -0.490 e. The number of carbonyl (C=O) groups excluding carboxylic acids is 1. The monoisotopic (exact) mass is 387 g/mol. The van der Waals surface area contributed by atoms with E-state index in [9.17, 15) is 19.7 Å². The summed E-state index contributed by atoms with van der Waals surface area (Å²) in [5.74, 6) is -1.20. The normalized spacial score (nSPS) is 10.5. The van der Waals surface area contributed by atoms with E-state index >= 15 is 0 Å². The van der Waals surface area contributed by atoms with E-state index < -0.39 is 23.4 Å². The number of aliphatic carboxylic acids is 1. The number of nitrogens with zero attached hydrogens (tertiary/aromatic N) is 2. The smallest absolute Gasteiger partial charge is 0.341 e. The van der Waals surface area contributed by atoms with Crippen molar-refractivity contribution in [3.05, 3.63) is 63.7 Å². The molecule has 2 aromatic carbocycles. The van der Waals surface area contributed by atoms with Gasteiger partial charge in [0.05, 0.1) is 17.7 Å². The van der Waals surface area contributed by atoms with Crippen LogP contribution in [0.5, 0.6) is 11.5 Å². The summed E-state index contributed by atoms with van der Waals surface area (Å²) in [6.07, 6.45) is 1.28. The average molecular weight is 387 g/mol. The number of nitrogens with one attached hydrogen (secondary N) is 1. The highest BCUT2D eigenvalue weighted by Crippen LogP contribution is 2.30. The maximum absolute atomic E-state index is 12.1. The highest BCUT2D eigenvalue weighted by molar-refractivity contribution is 5.95. The molecule has 0 atom stereocenters. The zero-order valence-corrected chi connectivity index (χ0v) is 14.8. The van der Waals surface area contributed by atoms with Crippen molar-refractivity contribution in [1.29, 1.82) is 0 Å². The highest BCUT2D eigenvalue weighted by atomic mass is 16.6. The van der Waals surface area contributed by atoms with Crippen LogP contribution >= 0.6 is 0 Å². The second kappa shape index (κ2) is 9.67. The van der Waals surface area contributed by atoms with Gasteiger partial charge in [0.15, 0.2) is 18.1 Å². The van der Waals surface area contributed by atoms with Gasteiger partial charge in [0, 0.05) is 23.3 Å². The fourth-order valence-electron chi connectivity index (χ4n) is 2.15. The van der Waals surface area contributed by atoms with Crippen molar-refractivity contribution in [2.24, 2.45) is 5.10 Å². The molecule has 28 heavy (non-hydrogen) atoms. The third-order valence-corrected chi connectivity index (χ3v) is 3.36. The first-order valence-corrected chi connectivity index (χ1v) is 8.10. The first kappa shape index (κ1) is 20.4. The van der Waals surface area contributed by atoms with Gasteiger partial charge in [0.2, 0.25) is 0 Å². The first-order chi connectivity index (χ1) is 13.4. The number of hydrogen-bond donors (Lipinski definition) is 2. The van der Waals surface area contributed by atoms with Crippen LogP contribution in [0, 0.1) is 10.1 Å². The van der Waals surface area contributed by atoms with Gasteiger partial charge in [-0.05, 0) is 31.2 Å². The standard InChI is InChI=1S/C18H17N3O7/c1-2-27-15-5-3-4-13(17(15)28-11-16(22)23)10-19-20-18(24)12-6-8-14(9-7-12)21(25)26/h3-10H,2,11H2,1H3,(H,20,24)(H,22,23)/b19-10+. The summed E-state index contributed by atoms with van der Waals surface area (Å²) in [7, 11) is 0. The molecule has 146 valence electrons. The van der Waals surface area contributed by atoms with Gasteiger partial charge in [-0.25, -0.2) is 10.2 Å². The number of nitro groups is 1. The van der Waals surface area contributed by atoms with E-state index in [2.05, 4.69) is 10.5 Å². The number of ether oxygens (including phenoxy) is 2. The largest absolute Gasteiger partial charge is 0.490 e. The van der Waals surface area contributed by atoms with E-state index in [1.807, 2.05) is 0 Å². The van der Waals surface area contributed by atoms with Gasteiger partial charge in [-0.2, -0.15) is 5.10 Å². The molecule has 0 spiro atoms. The summed E-state index contributed by atoms with van der Waals surface area (Å²) in [4.78, 5) is 32.9. The van der Waals surface area contributed by atoms with Crippen LogP contribution in [0.1, 0.15) is 22.8 Å². The number of amides is 1. The number of rotatable bonds is 9. The van der Waals surface area contributed by atoms with Crippen molar-refractivity contribution in [3.8, 4) is 11.5 Å². The van der Waals surface area contributed by atoms with Crippen LogP contribution in [0.2, 0.25) is 0 Å². The number of carboxylic acid groups (broad SMARTS) is 1. The highest BCUT2D eigenvalue weighted by Gasteiger charge is 2.12. The molecular formula is C18H17N3O7. The molecule has 0 heterocycles. The number of benzene rings is 2. The number of nitro benzene ring substituents is 1. The van der Waals surface area contributed by atoms with Gasteiger partial charge in [0.25, 0.3) is 11.6 Å². The van der Waals surface area contributed by atoms with Gasteiger partial charge in [-0.1, -0.05) is 6.07 Å². The van der Waals surface area contributed by atoms with Crippen LogP contribution in [0.25, 0.3) is 0 Å². The molecule has 0 aliphatic rings. The molecule has 2 aromatic rings. The van der Waals surface area contributed by atoms with Crippen LogP contribution in [0.3, 0.4) is 0 Å². The van der Waals surface area contributed by atoms with Crippen molar-refractivity contribution < 1.29 is 29.1 Å². The van der Waals surface area contributed by atoms with Gasteiger partial charge in [-0.3, -0.25) is 14.9 Å². The Morgan fingerprint density at radius 2 is 1.93 bits per heavy atom. The van der Waals surface area contributed by atoms with Crippen LogP contribution in [-0.2, 0) is 4.79 Å². The number of hydrazone groups is 1. The van der Waals surface area contributed by atoms with Crippen molar-refractivity contribution in [2.45, 2.75) is 6.92 Å². The third-order valence-electron chi connectivity index (χ3n) is 3.36. The van der Waals surface area contributed by atoms with Crippen molar-refractivity contribution in [1.82, 2.24) is 5.43 Å². The average Bonchev–Trinajstić information content (AvgIpc) is 2.67. The Morgan fingerprint density at radius 1 is 1.21 bits per heavy atom. The lowest BCUT2D eigenvalue weighted by atomic mass is 10.2. The second-order valence-corrected chi connectivity index (χ2v) is 5.29. The van der Waals surface area contributed by atoms with Crippen molar-refractivity contribution in [2.75, 3.05) is 13.2 Å². The fourth-order valence-corrected chi connectivity index (χ4v) is 2.15. The Balaban J connectivity index is 2.13. The molecule has 0 aliphatic heterocycles. The zero-order valence-electron chi connectivity index (χ0n) is 14.8. The van der Waals surface area contributed by atoms with Crippen LogP contribution in [0.4, 0.5) is 5.69 Å². The quantitative estimate of drug-likeness (QED) is 0.382. The van der Waals surface area contributed by atoms with E-state index in [0.717, 1.165) is 0 Å². The van der Waals surface area contributed by atoms with Crippen molar-refractivity contribution >= 4 is 23.8 Å². The molecule has 10 nitrogen and oxygen atoms in total. The lowest BCUT2D eigenvalue weighted by molar-refractivity contribution is -0.384. The lowest BCUT2D eigenvalue weighted by Gasteiger charge is -2.12. The van der Waals surface area contributed by atoms with Crippen LogP contribution in [0.15, 0.2) is 47.6 Å². The lowest BCUT2D eigenvalue weighted by Crippen LogP contribution is -2.17. The number of carbonyl (C=O) groups is 2. The maximum Gasteiger partial charge on any atom is 0.341 e. The fraction of sp³-hybridized carbons (Fsp3) is 0.167. The van der Waals surface area contributed by atoms with E-state index in [0.29, 0.717) is 17.9 Å². The summed E-state index contributed by atoms with van der Waals surface area (Å²) in [5, 5.41) is 23.3. The zero-order chi connectivity index (χ0) is 20.5.